The lowest BCUT2D eigenvalue weighted by molar-refractivity contribution is 0.399. The van der Waals surface area contributed by atoms with E-state index in [0.717, 1.165) is 6.07 Å². The number of nitrogens with zero attached hydrogens (tertiary/aromatic N) is 2. The van der Waals surface area contributed by atoms with E-state index in [1.54, 1.807) is 0 Å². The highest BCUT2D eigenvalue weighted by atomic mass is 32.2. The van der Waals surface area contributed by atoms with Gasteiger partial charge in [-0.1, -0.05) is 0 Å². The summed E-state index contributed by atoms with van der Waals surface area (Å²) in [5.41, 5.74) is 0.588. The van der Waals surface area contributed by atoms with Gasteiger partial charge in [-0.05, 0) is 25.7 Å². The van der Waals surface area contributed by atoms with Crippen LogP contribution in [0.25, 0.3) is 0 Å². The van der Waals surface area contributed by atoms with Crippen molar-refractivity contribution in [1.82, 2.24) is 9.88 Å². The molecule has 0 aliphatic carbocycles. The molecule has 1 aromatic heterocycles. The lowest BCUT2D eigenvalue weighted by Gasteiger charge is -2.09. The highest BCUT2D eigenvalue weighted by Crippen LogP contribution is 2.11. The monoisotopic (exact) mass is 233 g/mol. The number of nitrogens with two attached hydrogens (primary N) is 1. The van der Waals surface area contributed by atoms with E-state index in [2.05, 4.69) is 4.98 Å². The Morgan fingerprint density at radius 3 is 2.53 bits per heavy atom. The quantitative estimate of drug-likeness (QED) is 0.792. The van der Waals surface area contributed by atoms with E-state index in [1.807, 2.05) is 19.0 Å². The molecule has 0 fully saturated rings. The first-order valence-corrected chi connectivity index (χ1v) is 5.67. The molecular formula is C8H12FN3O2S. The predicted molar refractivity (Wildman–Crippen MR) is 53.0 cm³/mol. The smallest absolute Gasteiger partial charge is 0.258 e. The summed E-state index contributed by atoms with van der Waals surface area (Å²) in [5, 5.41) is 4.05. The fourth-order valence-corrected chi connectivity index (χ4v) is 1.66. The van der Waals surface area contributed by atoms with Gasteiger partial charge in [-0.3, -0.25) is 0 Å². The number of rotatable bonds is 3. The Kier molecular flexibility index (Phi) is 3.38. The van der Waals surface area contributed by atoms with Gasteiger partial charge in [0.25, 0.3) is 10.0 Å². The zero-order chi connectivity index (χ0) is 11.6. The van der Waals surface area contributed by atoms with Crippen LogP contribution < -0.4 is 5.14 Å². The van der Waals surface area contributed by atoms with Crippen LogP contribution >= 0.6 is 0 Å². The minimum Gasteiger partial charge on any atom is -0.305 e. The third-order valence-electron chi connectivity index (χ3n) is 1.63. The van der Waals surface area contributed by atoms with Crippen LogP contribution in [0.3, 0.4) is 0 Å². The number of halogens is 1. The molecule has 0 radical (unpaired) electrons. The molecular weight excluding hydrogens is 221 g/mol. The normalized spacial score (nSPS) is 12.1. The van der Waals surface area contributed by atoms with E-state index in [9.17, 15) is 12.8 Å². The van der Waals surface area contributed by atoms with Gasteiger partial charge < -0.3 is 4.90 Å². The molecule has 0 amide bonds. The van der Waals surface area contributed by atoms with Gasteiger partial charge in [0.1, 0.15) is 0 Å². The first kappa shape index (κ1) is 12.0. The molecule has 0 aliphatic rings. The number of aromatic nitrogens is 1. The van der Waals surface area contributed by atoms with Gasteiger partial charge in [0.15, 0.2) is 5.82 Å². The number of hydrogen-bond donors (Lipinski definition) is 1. The molecule has 0 bridgehead atoms. The molecule has 0 aliphatic heterocycles. The summed E-state index contributed by atoms with van der Waals surface area (Å²) in [6, 6.07) is 1.12. The Hall–Kier alpha value is -1.05. The summed E-state index contributed by atoms with van der Waals surface area (Å²) in [5.74, 6) is -0.920. The van der Waals surface area contributed by atoms with E-state index in [-0.39, 0.29) is 0 Å². The van der Waals surface area contributed by atoms with Gasteiger partial charge in [0, 0.05) is 12.7 Å². The molecule has 2 N–H and O–H groups in total. The molecule has 5 nitrogen and oxygen atoms in total. The average molecular weight is 233 g/mol. The zero-order valence-electron chi connectivity index (χ0n) is 8.44. The minimum atomic E-state index is -4.08. The maximum atomic E-state index is 13.3. The van der Waals surface area contributed by atoms with Gasteiger partial charge in [0.05, 0.1) is 0 Å². The highest BCUT2D eigenvalue weighted by molar-refractivity contribution is 7.89. The van der Waals surface area contributed by atoms with Crippen molar-refractivity contribution in [2.45, 2.75) is 11.6 Å². The summed E-state index contributed by atoms with van der Waals surface area (Å²) in [6.07, 6.45) is 1.29. The summed E-state index contributed by atoms with van der Waals surface area (Å²) in [7, 11) is -0.456. The second-order valence-electron chi connectivity index (χ2n) is 3.41. The van der Waals surface area contributed by atoms with Crippen molar-refractivity contribution in [2.24, 2.45) is 5.14 Å². The number of pyridine rings is 1. The summed E-state index contributed by atoms with van der Waals surface area (Å²) < 4.78 is 35.0. The third-order valence-corrected chi connectivity index (χ3v) is 2.47. The van der Waals surface area contributed by atoms with Crippen molar-refractivity contribution in [2.75, 3.05) is 14.1 Å². The van der Waals surface area contributed by atoms with Crippen molar-refractivity contribution < 1.29 is 12.8 Å². The van der Waals surface area contributed by atoms with Crippen LogP contribution in [0.5, 0.6) is 0 Å². The number of hydrogen-bond acceptors (Lipinski definition) is 4. The summed E-state index contributed by atoms with van der Waals surface area (Å²) in [6.45, 7) is 0.481. The van der Waals surface area contributed by atoms with Crippen molar-refractivity contribution in [1.29, 1.82) is 0 Å². The molecule has 0 aromatic carbocycles. The molecule has 0 spiro atoms. The molecule has 0 atom stereocenters. The lowest BCUT2D eigenvalue weighted by Crippen LogP contribution is -2.17. The van der Waals surface area contributed by atoms with Crippen LogP contribution in [0.4, 0.5) is 4.39 Å². The Balaban J connectivity index is 3.09. The van der Waals surface area contributed by atoms with E-state index in [0.29, 0.717) is 12.1 Å². The summed E-state index contributed by atoms with van der Waals surface area (Å²) in [4.78, 5) is 5.30. The van der Waals surface area contributed by atoms with Crippen LogP contribution in [0, 0.1) is 5.82 Å². The van der Waals surface area contributed by atoms with Crippen LogP contribution in [0.2, 0.25) is 0 Å². The molecule has 15 heavy (non-hydrogen) atoms. The maximum absolute atomic E-state index is 13.3. The Bertz CT molecular complexity index is 459. The van der Waals surface area contributed by atoms with Gasteiger partial charge in [-0.25, -0.2) is 22.9 Å². The van der Waals surface area contributed by atoms with Crippen molar-refractivity contribution >= 4 is 10.0 Å². The van der Waals surface area contributed by atoms with E-state index in [4.69, 9.17) is 5.14 Å². The topological polar surface area (TPSA) is 76.3 Å². The second kappa shape index (κ2) is 4.21. The number of sulfonamides is 1. The fraction of sp³-hybridized carbons (Fsp3) is 0.375. The standard InChI is InChI=1S/C8H12FN3O2S/c1-12(2)5-6-3-7(9)8(11-4-6)15(10,13)14/h3-4H,5H2,1-2H3,(H2,10,13,14). The lowest BCUT2D eigenvalue weighted by atomic mass is 10.3. The predicted octanol–water partition coefficient (Wildman–Crippen LogP) is -0.0703. The molecule has 7 heteroatoms. The third kappa shape index (κ3) is 3.22. The molecule has 0 saturated heterocycles. The SMILES string of the molecule is CN(C)Cc1cnc(S(N)(=O)=O)c(F)c1. The molecule has 0 saturated carbocycles. The molecule has 84 valence electrons. The van der Waals surface area contributed by atoms with Crippen molar-refractivity contribution in [3.63, 3.8) is 0 Å². The fourth-order valence-electron chi connectivity index (χ4n) is 1.13. The van der Waals surface area contributed by atoms with Gasteiger partial charge >= 0.3 is 0 Å². The van der Waals surface area contributed by atoms with Crippen molar-refractivity contribution in [3.8, 4) is 0 Å². The number of primary sulfonamides is 1. The molecule has 1 heterocycles. The molecule has 0 unspecified atom stereocenters. The molecule has 1 aromatic rings. The van der Waals surface area contributed by atoms with E-state index < -0.39 is 20.9 Å². The largest absolute Gasteiger partial charge is 0.305 e. The second-order valence-corrected chi connectivity index (χ2v) is 4.89. The minimum absolute atomic E-state index is 0.481. The Morgan fingerprint density at radius 2 is 2.13 bits per heavy atom. The first-order valence-electron chi connectivity index (χ1n) is 4.12. The van der Waals surface area contributed by atoms with Crippen LogP contribution in [0.15, 0.2) is 17.3 Å². The van der Waals surface area contributed by atoms with Crippen LogP contribution in [-0.2, 0) is 16.6 Å². The zero-order valence-corrected chi connectivity index (χ0v) is 9.25. The average Bonchev–Trinajstić information content (AvgIpc) is 1.99. The van der Waals surface area contributed by atoms with Crippen LogP contribution in [-0.4, -0.2) is 32.4 Å². The molecule has 1 rings (SSSR count). The summed E-state index contributed by atoms with van der Waals surface area (Å²) >= 11 is 0. The van der Waals surface area contributed by atoms with Crippen molar-refractivity contribution in [3.05, 3.63) is 23.6 Å². The van der Waals surface area contributed by atoms with Gasteiger partial charge in [-0.15, -0.1) is 0 Å². The van der Waals surface area contributed by atoms with Gasteiger partial charge in [0.2, 0.25) is 5.03 Å². The van der Waals surface area contributed by atoms with Gasteiger partial charge in [-0.2, -0.15) is 0 Å². The highest BCUT2D eigenvalue weighted by Gasteiger charge is 2.16. The van der Waals surface area contributed by atoms with E-state index >= 15 is 0 Å². The van der Waals surface area contributed by atoms with Crippen LogP contribution in [0.1, 0.15) is 5.56 Å². The van der Waals surface area contributed by atoms with E-state index in [1.165, 1.54) is 6.20 Å². The maximum Gasteiger partial charge on any atom is 0.258 e. The Morgan fingerprint density at radius 1 is 1.53 bits per heavy atom. The first-order chi connectivity index (χ1) is 6.80. The Labute approximate surface area is 87.8 Å².